The number of guanidine groups is 1. The van der Waals surface area contributed by atoms with Crippen molar-refractivity contribution in [1.29, 1.82) is 0 Å². The summed E-state index contributed by atoms with van der Waals surface area (Å²) in [6.07, 6.45) is 6.83. The molecule has 0 atom stereocenters. The quantitative estimate of drug-likeness (QED) is 0.310. The highest BCUT2D eigenvalue weighted by Gasteiger charge is 2.27. The topological polar surface area (TPSA) is 86.7 Å². The molecule has 0 bridgehead atoms. The lowest BCUT2D eigenvalue weighted by molar-refractivity contribution is 0.306. The van der Waals surface area contributed by atoms with Gasteiger partial charge in [0.15, 0.2) is 5.96 Å². The minimum absolute atomic E-state index is 0. The third-order valence-corrected chi connectivity index (χ3v) is 6.86. The number of aryl methyl sites for hydroxylation is 1. The van der Waals surface area contributed by atoms with Gasteiger partial charge in [0, 0.05) is 44.6 Å². The summed E-state index contributed by atoms with van der Waals surface area (Å²) in [5.41, 5.74) is 2.45. The van der Waals surface area contributed by atoms with E-state index in [1.54, 1.807) is 4.31 Å². The Labute approximate surface area is 186 Å². The minimum atomic E-state index is -3.09. The molecule has 28 heavy (non-hydrogen) atoms. The van der Waals surface area contributed by atoms with Crippen molar-refractivity contribution in [3.05, 3.63) is 29.6 Å². The van der Waals surface area contributed by atoms with Crippen molar-refractivity contribution in [2.45, 2.75) is 52.5 Å². The van der Waals surface area contributed by atoms with E-state index in [0.29, 0.717) is 26.1 Å². The highest BCUT2D eigenvalue weighted by atomic mass is 127. The van der Waals surface area contributed by atoms with Gasteiger partial charge in [0.05, 0.1) is 5.75 Å². The monoisotopic (exact) mass is 523 g/mol. The third kappa shape index (κ3) is 7.82. The average molecular weight is 523 g/mol. The molecule has 1 fully saturated rings. The first-order chi connectivity index (χ1) is 13.0. The predicted octanol–water partition coefficient (Wildman–Crippen LogP) is 2.31. The van der Waals surface area contributed by atoms with Crippen molar-refractivity contribution in [3.63, 3.8) is 0 Å². The molecule has 1 aliphatic heterocycles. The maximum absolute atomic E-state index is 12.2. The average Bonchev–Trinajstić information content (AvgIpc) is 2.64. The number of pyridine rings is 1. The molecule has 7 nitrogen and oxygen atoms in total. The molecule has 160 valence electrons. The number of nitrogens with one attached hydrogen (secondary N) is 2. The lowest BCUT2D eigenvalue weighted by Crippen LogP contribution is -2.50. The molecule has 1 aromatic rings. The van der Waals surface area contributed by atoms with Crippen LogP contribution in [0.2, 0.25) is 0 Å². The summed E-state index contributed by atoms with van der Waals surface area (Å²) in [6.45, 7) is 8.66. The van der Waals surface area contributed by atoms with E-state index in [2.05, 4.69) is 27.5 Å². The fourth-order valence-electron chi connectivity index (χ4n) is 3.25. The molecule has 0 unspecified atom stereocenters. The smallest absolute Gasteiger partial charge is 0.214 e. The molecule has 1 saturated heterocycles. The summed E-state index contributed by atoms with van der Waals surface area (Å²) in [4.78, 5) is 8.81. The van der Waals surface area contributed by atoms with E-state index in [4.69, 9.17) is 0 Å². The van der Waals surface area contributed by atoms with Gasteiger partial charge in [-0.2, -0.15) is 0 Å². The largest absolute Gasteiger partial charge is 0.357 e. The van der Waals surface area contributed by atoms with Gasteiger partial charge in [-0.05, 0) is 56.7 Å². The van der Waals surface area contributed by atoms with Crippen LogP contribution in [0.3, 0.4) is 0 Å². The standard InChI is InChI=1S/C19H33N5O2S.HI/c1-4-14-27(25,26)24-12-8-18(9-13-24)23-19(21-5-2)22-11-7-17-6-10-20-15-16(17)3;/h6,10,15,18H,4-5,7-9,11-14H2,1-3H3,(H2,21,22,23);1H. The third-order valence-electron chi connectivity index (χ3n) is 4.78. The molecule has 2 N–H and O–H groups in total. The number of halogens is 1. The molecule has 0 aliphatic carbocycles. The number of nitrogens with zero attached hydrogens (tertiary/aromatic N) is 3. The number of hydrogen-bond donors (Lipinski definition) is 2. The van der Waals surface area contributed by atoms with Crippen LogP contribution in [-0.4, -0.2) is 61.6 Å². The first kappa shape index (κ1) is 25.1. The number of piperidine rings is 1. The second-order valence-corrected chi connectivity index (χ2v) is 9.03. The van der Waals surface area contributed by atoms with Crippen LogP contribution >= 0.6 is 24.0 Å². The first-order valence-electron chi connectivity index (χ1n) is 9.88. The van der Waals surface area contributed by atoms with Crippen LogP contribution in [0.4, 0.5) is 0 Å². The van der Waals surface area contributed by atoms with Gasteiger partial charge in [-0.25, -0.2) is 12.7 Å². The van der Waals surface area contributed by atoms with E-state index in [1.807, 2.05) is 32.3 Å². The molecule has 2 heterocycles. The van der Waals surface area contributed by atoms with Crippen LogP contribution in [0.25, 0.3) is 0 Å². The van der Waals surface area contributed by atoms with E-state index >= 15 is 0 Å². The van der Waals surface area contributed by atoms with E-state index in [1.165, 1.54) is 11.1 Å². The van der Waals surface area contributed by atoms with Crippen LogP contribution in [0, 0.1) is 6.92 Å². The van der Waals surface area contributed by atoms with Crippen molar-refractivity contribution >= 4 is 40.0 Å². The fraction of sp³-hybridized carbons (Fsp3) is 0.684. The van der Waals surface area contributed by atoms with Gasteiger partial charge in [-0.15, -0.1) is 24.0 Å². The summed E-state index contributed by atoms with van der Waals surface area (Å²) in [6, 6.07) is 2.29. The van der Waals surface area contributed by atoms with Crippen LogP contribution < -0.4 is 10.6 Å². The van der Waals surface area contributed by atoms with Gasteiger partial charge >= 0.3 is 0 Å². The summed E-state index contributed by atoms with van der Waals surface area (Å²) in [5.74, 6) is 1.04. The number of aromatic nitrogens is 1. The molecule has 0 radical (unpaired) electrons. The molecule has 0 spiro atoms. The Hall–Kier alpha value is -0.940. The van der Waals surface area contributed by atoms with Crippen molar-refractivity contribution in [2.24, 2.45) is 4.99 Å². The lowest BCUT2D eigenvalue weighted by Gasteiger charge is -2.32. The maximum Gasteiger partial charge on any atom is 0.214 e. The maximum atomic E-state index is 12.2. The zero-order valence-electron chi connectivity index (χ0n) is 17.1. The van der Waals surface area contributed by atoms with Crippen LogP contribution in [0.5, 0.6) is 0 Å². The lowest BCUT2D eigenvalue weighted by atomic mass is 10.1. The SMILES string of the molecule is CCCS(=O)(=O)N1CCC(NC(=NCCc2ccncc2C)NCC)CC1.I. The van der Waals surface area contributed by atoms with Crippen molar-refractivity contribution in [2.75, 3.05) is 31.9 Å². The number of aliphatic imine (C=N–C) groups is 1. The molecule has 9 heteroatoms. The van der Waals surface area contributed by atoms with E-state index in [9.17, 15) is 8.42 Å². The summed E-state index contributed by atoms with van der Waals surface area (Å²) in [5, 5.41) is 6.75. The molecule has 0 aromatic carbocycles. The normalized spacial score (nSPS) is 16.5. The Morgan fingerprint density at radius 2 is 2.04 bits per heavy atom. The highest BCUT2D eigenvalue weighted by molar-refractivity contribution is 14.0. The Morgan fingerprint density at radius 3 is 2.64 bits per heavy atom. The van der Waals surface area contributed by atoms with Gasteiger partial charge in [0.2, 0.25) is 10.0 Å². The second-order valence-electron chi connectivity index (χ2n) is 6.95. The zero-order valence-corrected chi connectivity index (χ0v) is 20.3. The zero-order chi connectivity index (χ0) is 19.7. The van der Waals surface area contributed by atoms with Crippen LogP contribution in [0.1, 0.15) is 44.2 Å². The first-order valence-corrected chi connectivity index (χ1v) is 11.5. The highest BCUT2D eigenvalue weighted by Crippen LogP contribution is 2.15. The van der Waals surface area contributed by atoms with Gasteiger partial charge in [0.1, 0.15) is 0 Å². The Morgan fingerprint density at radius 1 is 1.32 bits per heavy atom. The van der Waals surface area contributed by atoms with Crippen LogP contribution in [0.15, 0.2) is 23.5 Å². The summed E-state index contributed by atoms with van der Waals surface area (Å²) in [7, 11) is -3.09. The van der Waals surface area contributed by atoms with Crippen molar-refractivity contribution in [1.82, 2.24) is 19.9 Å². The van der Waals surface area contributed by atoms with Gasteiger partial charge in [-0.1, -0.05) is 6.92 Å². The molecule has 0 amide bonds. The van der Waals surface area contributed by atoms with Crippen LogP contribution in [-0.2, 0) is 16.4 Å². The number of sulfonamides is 1. The van der Waals surface area contributed by atoms with Gasteiger partial charge < -0.3 is 10.6 Å². The Bertz CT molecular complexity index is 719. The second kappa shape index (κ2) is 12.6. The Kier molecular flexibility index (Phi) is 11.3. The van der Waals surface area contributed by atoms with Gasteiger partial charge in [0.25, 0.3) is 0 Å². The molecule has 0 saturated carbocycles. The Balaban J connectivity index is 0.00000392. The molecular formula is C19H34IN5O2S. The molecule has 1 aromatic heterocycles. The number of hydrogen-bond acceptors (Lipinski definition) is 4. The fourth-order valence-corrected chi connectivity index (χ4v) is 4.79. The van der Waals surface area contributed by atoms with E-state index < -0.39 is 10.0 Å². The predicted molar refractivity (Wildman–Crippen MR) is 126 cm³/mol. The number of rotatable bonds is 8. The van der Waals surface area contributed by atoms with Crippen molar-refractivity contribution < 1.29 is 8.42 Å². The van der Waals surface area contributed by atoms with Crippen molar-refractivity contribution in [3.8, 4) is 0 Å². The molecule has 2 rings (SSSR count). The minimum Gasteiger partial charge on any atom is -0.357 e. The van der Waals surface area contributed by atoms with Gasteiger partial charge in [-0.3, -0.25) is 9.98 Å². The van der Waals surface area contributed by atoms with E-state index in [-0.39, 0.29) is 35.8 Å². The summed E-state index contributed by atoms with van der Waals surface area (Å²) < 4.78 is 26.0. The summed E-state index contributed by atoms with van der Waals surface area (Å²) >= 11 is 0. The van der Waals surface area contributed by atoms with E-state index in [0.717, 1.165) is 31.8 Å². The molecular weight excluding hydrogens is 489 g/mol. The molecule has 1 aliphatic rings.